The topological polar surface area (TPSA) is 55.2 Å². The Morgan fingerprint density at radius 2 is 1.74 bits per heavy atom. The monoisotopic (exact) mass is 365 g/mol. The zero-order valence-corrected chi connectivity index (χ0v) is 15.2. The molecule has 0 saturated carbocycles. The Morgan fingerprint density at radius 1 is 1.07 bits per heavy atom. The molecule has 3 aromatic rings. The van der Waals surface area contributed by atoms with E-state index in [0.717, 1.165) is 11.1 Å². The average molecular weight is 365 g/mol. The van der Waals surface area contributed by atoms with Crippen LogP contribution in [0.25, 0.3) is 0 Å². The molecule has 2 aromatic carbocycles. The van der Waals surface area contributed by atoms with Crippen molar-refractivity contribution in [1.82, 2.24) is 14.7 Å². The second-order valence-electron chi connectivity index (χ2n) is 6.34. The molecule has 27 heavy (non-hydrogen) atoms. The van der Waals surface area contributed by atoms with Gasteiger partial charge in [-0.2, -0.15) is 5.10 Å². The molecule has 1 aromatic heterocycles. The first-order chi connectivity index (χ1) is 13.0. The van der Waals surface area contributed by atoms with E-state index in [0.29, 0.717) is 0 Å². The number of aromatic nitrogens is 2. The lowest BCUT2D eigenvalue weighted by atomic mass is 10.1. The fourth-order valence-electron chi connectivity index (χ4n) is 2.75. The Kier molecular flexibility index (Phi) is 5.45. The van der Waals surface area contributed by atoms with Crippen LogP contribution in [0.5, 0.6) is 0 Å². The number of hydrogen-bond acceptors (Lipinski definition) is 3. The van der Waals surface area contributed by atoms with E-state index in [2.05, 4.69) is 5.10 Å². The van der Waals surface area contributed by atoms with E-state index in [1.807, 2.05) is 37.3 Å². The zero-order valence-electron chi connectivity index (χ0n) is 15.2. The molecule has 6 heteroatoms. The second-order valence-corrected chi connectivity index (χ2v) is 6.34. The summed E-state index contributed by atoms with van der Waals surface area (Å²) >= 11 is 0. The molecule has 138 valence electrons. The highest BCUT2D eigenvalue weighted by Crippen LogP contribution is 2.20. The lowest BCUT2D eigenvalue weighted by molar-refractivity contribution is 0.0734. The molecular formula is C21H20FN3O2. The molecule has 1 amide bonds. The number of carbonyl (C=O) groups excluding carboxylic acids is 1. The Hall–Kier alpha value is -3.28. The normalized spacial score (nSPS) is 11.8. The minimum absolute atomic E-state index is 0.182. The van der Waals surface area contributed by atoms with Gasteiger partial charge in [-0.05, 0) is 36.2 Å². The standard InChI is InChI=1S/C21H20FN3O2/c1-15(17-8-10-18(22)11-9-17)24(2)21(27)19-12-13-20(26)25(23-19)14-16-6-4-3-5-7-16/h3-13,15H,14H2,1-2H3/t15-/m0/s1. The molecule has 1 heterocycles. The highest BCUT2D eigenvalue weighted by Gasteiger charge is 2.21. The van der Waals surface area contributed by atoms with E-state index >= 15 is 0 Å². The van der Waals surface area contributed by atoms with Gasteiger partial charge in [0, 0.05) is 13.1 Å². The van der Waals surface area contributed by atoms with Gasteiger partial charge in [-0.15, -0.1) is 0 Å². The largest absolute Gasteiger partial charge is 0.334 e. The van der Waals surface area contributed by atoms with Crippen LogP contribution in [0, 0.1) is 5.82 Å². The summed E-state index contributed by atoms with van der Waals surface area (Å²) in [4.78, 5) is 26.4. The fraction of sp³-hybridized carbons (Fsp3) is 0.190. The zero-order chi connectivity index (χ0) is 19.4. The van der Waals surface area contributed by atoms with E-state index in [1.54, 1.807) is 19.2 Å². The molecule has 5 nitrogen and oxygen atoms in total. The van der Waals surface area contributed by atoms with Gasteiger partial charge in [0.1, 0.15) is 11.5 Å². The van der Waals surface area contributed by atoms with Gasteiger partial charge >= 0.3 is 0 Å². The second kappa shape index (κ2) is 7.95. The average Bonchev–Trinajstić information content (AvgIpc) is 2.69. The van der Waals surface area contributed by atoms with Crippen molar-refractivity contribution in [2.24, 2.45) is 0 Å². The van der Waals surface area contributed by atoms with Crippen LogP contribution in [0.15, 0.2) is 71.5 Å². The molecule has 1 atom stereocenters. The lowest BCUT2D eigenvalue weighted by Gasteiger charge is -2.25. The first-order valence-corrected chi connectivity index (χ1v) is 8.60. The van der Waals surface area contributed by atoms with Gasteiger partial charge in [0.05, 0.1) is 12.6 Å². The van der Waals surface area contributed by atoms with Gasteiger partial charge in [-0.25, -0.2) is 9.07 Å². The van der Waals surface area contributed by atoms with Crippen molar-refractivity contribution in [3.05, 3.63) is 99.7 Å². The SMILES string of the molecule is C[C@@H](c1ccc(F)cc1)N(C)C(=O)c1ccc(=O)n(Cc2ccccc2)n1. The molecule has 0 spiro atoms. The van der Waals surface area contributed by atoms with Gasteiger partial charge in [-0.3, -0.25) is 9.59 Å². The van der Waals surface area contributed by atoms with E-state index in [9.17, 15) is 14.0 Å². The first-order valence-electron chi connectivity index (χ1n) is 8.60. The summed E-state index contributed by atoms with van der Waals surface area (Å²) < 4.78 is 14.4. The Morgan fingerprint density at radius 3 is 2.41 bits per heavy atom. The molecule has 0 radical (unpaired) electrons. The quantitative estimate of drug-likeness (QED) is 0.697. The maximum absolute atomic E-state index is 13.1. The Balaban J connectivity index is 1.82. The van der Waals surface area contributed by atoms with Crippen LogP contribution in [0.4, 0.5) is 4.39 Å². The number of halogens is 1. The Bertz CT molecular complexity index is 984. The molecule has 0 aliphatic carbocycles. The maximum Gasteiger partial charge on any atom is 0.274 e. The van der Waals surface area contributed by atoms with Crippen LogP contribution < -0.4 is 5.56 Å². The van der Waals surface area contributed by atoms with Crippen molar-refractivity contribution >= 4 is 5.91 Å². The summed E-state index contributed by atoms with van der Waals surface area (Å²) in [5.74, 6) is -0.636. The van der Waals surface area contributed by atoms with Crippen molar-refractivity contribution in [1.29, 1.82) is 0 Å². The molecule has 0 unspecified atom stereocenters. The lowest BCUT2D eigenvalue weighted by Crippen LogP contribution is -2.33. The number of nitrogens with zero attached hydrogens (tertiary/aromatic N) is 3. The minimum atomic E-state index is -0.324. The number of amides is 1. The fourth-order valence-corrected chi connectivity index (χ4v) is 2.75. The summed E-state index contributed by atoms with van der Waals surface area (Å²) in [7, 11) is 1.66. The summed E-state index contributed by atoms with van der Waals surface area (Å²) in [5, 5.41) is 4.23. The maximum atomic E-state index is 13.1. The van der Waals surface area contributed by atoms with Gasteiger partial charge in [0.15, 0.2) is 0 Å². The third-order valence-electron chi connectivity index (χ3n) is 4.51. The predicted molar refractivity (Wildman–Crippen MR) is 101 cm³/mol. The number of rotatable bonds is 5. The molecule has 0 aliphatic rings. The van der Waals surface area contributed by atoms with Crippen molar-refractivity contribution in [2.45, 2.75) is 19.5 Å². The molecule has 0 N–H and O–H groups in total. The third-order valence-corrected chi connectivity index (χ3v) is 4.51. The van der Waals surface area contributed by atoms with Crippen LogP contribution in [-0.4, -0.2) is 27.6 Å². The Labute approximate surface area is 156 Å². The molecule has 0 bridgehead atoms. The van der Waals surface area contributed by atoms with E-state index in [1.165, 1.54) is 33.8 Å². The van der Waals surface area contributed by atoms with Gasteiger partial charge in [0.25, 0.3) is 11.5 Å². The number of benzene rings is 2. The highest BCUT2D eigenvalue weighted by atomic mass is 19.1. The summed E-state index contributed by atoms with van der Waals surface area (Å²) in [6, 6.07) is 18.0. The molecule has 0 aliphatic heterocycles. The molecule has 0 fully saturated rings. The molecule has 0 saturated heterocycles. The van der Waals surface area contributed by atoms with E-state index in [-0.39, 0.29) is 35.6 Å². The smallest absolute Gasteiger partial charge is 0.274 e. The van der Waals surface area contributed by atoms with Crippen LogP contribution in [-0.2, 0) is 6.54 Å². The highest BCUT2D eigenvalue weighted by molar-refractivity contribution is 5.92. The van der Waals surface area contributed by atoms with E-state index in [4.69, 9.17) is 0 Å². The van der Waals surface area contributed by atoms with Crippen molar-refractivity contribution in [3.63, 3.8) is 0 Å². The molecular weight excluding hydrogens is 345 g/mol. The number of carbonyl (C=O) groups is 1. The van der Waals surface area contributed by atoms with Crippen LogP contribution in [0.3, 0.4) is 0 Å². The minimum Gasteiger partial charge on any atom is -0.334 e. The number of hydrogen-bond donors (Lipinski definition) is 0. The van der Waals surface area contributed by atoms with Crippen molar-refractivity contribution in [3.8, 4) is 0 Å². The predicted octanol–water partition coefficient (Wildman–Crippen LogP) is 3.26. The van der Waals surface area contributed by atoms with Gasteiger partial charge in [0.2, 0.25) is 0 Å². The van der Waals surface area contributed by atoms with Crippen molar-refractivity contribution in [2.75, 3.05) is 7.05 Å². The van der Waals surface area contributed by atoms with Crippen LogP contribution in [0.2, 0.25) is 0 Å². The summed E-state index contributed by atoms with van der Waals surface area (Å²) in [6.07, 6.45) is 0. The third kappa shape index (κ3) is 4.28. The first kappa shape index (κ1) is 18.5. The van der Waals surface area contributed by atoms with Crippen molar-refractivity contribution < 1.29 is 9.18 Å². The van der Waals surface area contributed by atoms with E-state index < -0.39 is 0 Å². The van der Waals surface area contributed by atoms with Gasteiger partial charge in [-0.1, -0.05) is 42.5 Å². The summed E-state index contributed by atoms with van der Waals surface area (Å²) in [6.45, 7) is 2.14. The van der Waals surface area contributed by atoms with Crippen LogP contribution in [0.1, 0.15) is 34.6 Å². The summed E-state index contributed by atoms with van der Waals surface area (Å²) in [5.41, 5.74) is 1.64. The van der Waals surface area contributed by atoms with Gasteiger partial charge < -0.3 is 4.90 Å². The van der Waals surface area contributed by atoms with Crippen LogP contribution >= 0.6 is 0 Å². The molecule has 3 rings (SSSR count).